The van der Waals surface area contributed by atoms with Gasteiger partial charge >= 0.3 is 0 Å². The smallest absolute Gasteiger partial charge is 0.243 e. The van der Waals surface area contributed by atoms with Crippen molar-refractivity contribution in [3.8, 4) is 0 Å². The van der Waals surface area contributed by atoms with Gasteiger partial charge in [-0.2, -0.15) is 0 Å². The number of nitrogens with one attached hydrogen (secondary N) is 1. The molecule has 0 aliphatic heterocycles. The molecule has 1 heterocycles. The molecular formula is C16H18ClN3O3S. The minimum atomic E-state index is -3.66. The molecule has 0 saturated heterocycles. The topological polar surface area (TPSA) is 79.4 Å². The highest BCUT2D eigenvalue weighted by molar-refractivity contribution is 7.92. The van der Waals surface area contributed by atoms with Crippen LogP contribution in [-0.2, 0) is 21.4 Å². The van der Waals surface area contributed by atoms with E-state index in [1.54, 1.807) is 36.7 Å². The second kappa shape index (κ2) is 7.63. The molecular weight excluding hydrogens is 350 g/mol. The molecule has 0 spiro atoms. The van der Waals surface area contributed by atoms with Gasteiger partial charge in [-0.25, -0.2) is 8.42 Å². The molecule has 0 aliphatic rings. The Balaban J connectivity index is 2.19. The summed E-state index contributed by atoms with van der Waals surface area (Å²) < 4.78 is 25.4. The van der Waals surface area contributed by atoms with Crippen LogP contribution in [-0.4, -0.2) is 31.6 Å². The Hall–Kier alpha value is -2.12. The predicted molar refractivity (Wildman–Crippen MR) is 94.3 cm³/mol. The van der Waals surface area contributed by atoms with E-state index in [9.17, 15) is 13.2 Å². The first-order valence-corrected chi connectivity index (χ1v) is 9.43. The van der Waals surface area contributed by atoms with Gasteiger partial charge in [0.05, 0.1) is 11.9 Å². The first-order valence-electron chi connectivity index (χ1n) is 7.20. The maximum Gasteiger partial charge on any atom is 0.243 e. The number of rotatable bonds is 6. The highest BCUT2D eigenvalue weighted by Gasteiger charge is 2.29. The fourth-order valence-corrected chi connectivity index (χ4v) is 3.61. The number of pyridine rings is 1. The van der Waals surface area contributed by atoms with Crippen molar-refractivity contribution in [3.63, 3.8) is 0 Å². The standard InChI is InChI=1S/C16H18ClN3O3S/c1-12(16(21)19-11-13-5-4-8-18-10-13)20(24(2,22)23)15-7-3-6-14(17)9-15/h3-10,12H,11H2,1-2H3,(H,19,21). The van der Waals surface area contributed by atoms with E-state index in [4.69, 9.17) is 11.6 Å². The van der Waals surface area contributed by atoms with Crippen molar-refractivity contribution in [2.24, 2.45) is 0 Å². The molecule has 0 fully saturated rings. The van der Waals surface area contributed by atoms with Crippen LogP contribution in [0.15, 0.2) is 48.8 Å². The molecule has 2 rings (SSSR count). The molecule has 1 atom stereocenters. The largest absolute Gasteiger partial charge is 0.350 e. The average molecular weight is 368 g/mol. The van der Waals surface area contributed by atoms with Crippen molar-refractivity contribution in [3.05, 3.63) is 59.4 Å². The number of carbonyl (C=O) groups excluding carboxylic acids is 1. The summed E-state index contributed by atoms with van der Waals surface area (Å²) in [6, 6.07) is 9.04. The van der Waals surface area contributed by atoms with E-state index < -0.39 is 22.0 Å². The van der Waals surface area contributed by atoms with Crippen LogP contribution in [0.4, 0.5) is 5.69 Å². The fraction of sp³-hybridized carbons (Fsp3) is 0.250. The molecule has 6 nitrogen and oxygen atoms in total. The van der Waals surface area contributed by atoms with Crippen LogP contribution in [0.25, 0.3) is 0 Å². The van der Waals surface area contributed by atoms with Gasteiger partial charge in [0.1, 0.15) is 6.04 Å². The van der Waals surface area contributed by atoms with Gasteiger partial charge in [0.2, 0.25) is 15.9 Å². The van der Waals surface area contributed by atoms with Crippen molar-refractivity contribution in [2.75, 3.05) is 10.6 Å². The van der Waals surface area contributed by atoms with Gasteiger partial charge in [0.15, 0.2) is 0 Å². The van der Waals surface area contributed by atoms with Crippen LogP contribution in [0, 0.1) is 0 Å². The van der Waals surface area contributed by atoms with Gasteiger partial charge in [0, 0.05) is 24.0 Å². The predicted octanol–water partition coefficient (Wildman–Crippen LogP) is 2.21. The number of sulfonamides is 1. The third-order valence-electron chi connectivity index (χ3n) is 3.34. The molecule has 0 bridgehead atoms. The number of benzene rings is 1. The SMILES string of the molecule is CC(C(=O)NCc1cccnc1)N(c1cccc(Cl)c1)S(C)(=O)=O. The van der Waals surface area contributed by atoms with E-state index in [-0.39, 0.29) is 6.54 Å². The van der Waals surface area contributed by atoms with Crippen LogP contribution >= 0.6 is 11.6 Å². The van der Waals surface area contributed by atoms with Gasteiger partial charge in [-0.1, -0.05) is 23.7 Å². The molecule has 8 heteroatoms. The molecule has 1 amide bonds. The van der Waals surface area contributed by atoms with E-state index in [2.05, 4.69) is 10.3 Å². The number of halogens is 1. The van der Waals surface area contributed by atoms with E-state index in [1.807, 2.05) is 6.07 Å². The third kappa shape index (κ3) is 4.69. The minimum absolute atomic E-state index is 0.268. The molecule has 1 N–H and O–H groups in total. The van der Waals surface area contributed by atoms with Crippen molar-refractivity contribution in [1.29, 1.82) is 0 Å². The van der Waals surface area contributed by atoms with E-state index in [1.165, 1.54) is 13.0 Å². The highest BCUT2D eigenvalue weighted by Crippen LogP contribution is 2.24. The Kier molecular flexibility index (Phi) is 5.80. The average Bonchev–Trinajstić information content (AvgIpc) is 2.52. The monoisotopic (exact) mass is 367 g/mol. The molecule has 0 aliphatic carbocycles. The quantitative estimate of drug-likeness (QED) is 0.848. The Morgan fingerprint density at radius 2 is 2.08 bits per heavy atom. The maximum atomic E-state index is 12.4. The van der Waals surface area contributed by atoms with Gasteiger partial charge < -0.3 is 5.32 Å². The number of hydrogen-bond acceptors (Lipinski definition) is 4. The Morgan fingerprint density at radius 3 is 2.67 bits per heavy atom. The lowest BCUT2D eigenvalue weighted by atomic mass is 10.2. The van der Waals surface area contributed by atoms with E-state index in [0.29, 0.717) is 10.7 Å². The number of nitrogens with zero attached hydrogens (tertiary/aromatic N) is 2. The molecule has 128 valence electrons. The first-order chi connectivity index (χ1) is 11.3. The second-order valence-corrected chi connectivity index (χ2v) is 7.59. The molecule has 1 unspecified atom stereocenters. The number of carbonyl (C=O) groups is 1. The van der Waals surface area contributed by atoms with Gasteiger partial charge in [-0.15, -0.1) is 0 Å². The van der Waals surface area contributed by atoms with Crippen LogP contribution in [0.1, 0.15) is 12.5 Å². The van der Waals surface area contributed by atoms with Crippen LogP contribution in [0.3, 0.4) is 0 Å². The van der Waals surface area contributed by atoms with E-state index >= 15 is 0 Å². The molecule has 1 aromatic heterocycles. The van der Waals surface area contributed by atoms with Gasteiger partial charge in [0.25, 0.3) is 0 Å². The van der Waals surface area contributed by atoms with Gasteiger partial charge in [-0.3, -0.25) is 14.1 Å². The number of aromatic nitrogens is 1. The number of hydrogen-bond donors (Lipinski definition) is 1. The van der Waals surface area contributed by atoms with E-state index in [0.717, 1.165) is 16.1 Å². The fourth-order valence-electron chi connectivity index (χ4n) is 2.26. The van der Waals surface area contributed by atoms with Crippen LogP contribution in [0.5, 0.6) is 0 Å². The summed E-state index contributed by atoms with van der Waals surface area (Å²) in [5.41, 5.74) is 1.17. The van der Waals surface area contributed by atoms with Crippen molar-refractivity contribution >= 4 is 33.2 Å². The van der Waals surface area contributed by atoms with Crippen LogP contribution < -0.4 is 9.62 Å². The summed E-state index contributed by atoms with van der Waals surface area (Å²) in [5.74, 6) is -0.413. The Labute approximate surface area is 146 Å². The molecule has 2 aromatic rings. The zero-order chi connectivity index (χ0) is 17.7. The summed E-state index contributed by atoms with van der Waals surface area (Å²) in [6.07, 6.45) is 4.33. The van der Waals surface area contributed by atoms with Gasteiger partial charge in [-0.05, 0) is 36.8 Å². The Morgan fingerprint density at radius 1 is 1.33 bits per heavy atom. The third-order valence-corrected chi connectivity index (χ3v) is 4.82. The van der Waals surface area contributed by atoms with Crippen molar-refractivity contribution in [1.82, 2.24) is 10.3 Å². The second-order valence-electron chi connectivity index (χ2n) is 5.29. The highest BCUT2D eigenvalue weighted by atomic mass is 35.5. The molecule has 1 aromatic carbocycles. The lowest BCUT2D eigenvalue weighted by Gasteiger charge is -2.28. The zero-order valence-electron chi connectivity index (χ0n) is 13.3. The first kappa shape index (κ1) is 18.2. The molecule has 24 heavy (non-hydrogen) atoms. The summed E-state index contributed by atoms with van der Waals surface area (Å²) >= 11 is 5.94. The van der Waals surface area contributed by atoms with Crippen molar-refractivity contribution in [2.45, 2.75) is 19.5 Å². The molecule has 0 saturated carbocycles. The normalized spacial score (nSPS) is 12.5. The number of amides is 1. The number of anilines is 1. The summed E-state index contributed by atoms with van der Waals surface area (Å²) in [4.78, 5) is 16.4. The summed E-state index contributed by atoms with van der Waals surface area (Å²) in [6.45, 7) is 1.80. The molecule has 0 radical (unpaired) electrons. The lowest BCUT2D eigenvalue weighted by molar-refractivity contribution is -0.122. The maximum absolute atomic E-state index is 12.4. The van der Waals surface area contributed by atoms with Crippen molar-refractivity contribution < 1.29 is 13.2 Å². The zero-order valence-corrected chi connectivity index (χ0v) is 14.9. The minimum Gasteiger partial charge on any atom is -0.350 e. The van der Waals surface area contributed by atoms with Crippen LogP contribution in [0.2, 0.25) is 5.02 Å². The Bertz CT molecular complexity index is 812. The summed E-state index contributed by atoms with van der Waals surface area (Å²) in [7, 11) is -3.66. The lowest BCUT2D eigenvalue weighted by Crippen LogP contribution is -2.47. The summed E-state index contributed by atoms with van der Waals surface area (Å²) in [5, 5.41) is 3.11.